The summed E-state index contributed by atoms with van der Waals surface area (Å²) >= 11 is 1.67. The lowest BCUT2D eigenvalue weighted by Gasteiger charge is -2.31. The number of nitrogens with zero attached hydrogens (tertiary/aromatic N) is 5. The van der Waals surface area contributed by atoms with Crippen LogP contribution < -0.4 is 9.64 Å². The van der Waals surface area contributed by atoms with Gasteiger partial charge in [0.1, 0.15) is 11.1 Å². The van der Waals surface area contributed by atoms with E-state index < -0.39 is 0 Å². The molecule has 0 saturated carbocycles. The molecule has 1 aliphatic heterocycles. The Bertz CT molecular complexity index is 649. The van der Waals surface area contributed by atoms with Crippen LogP contribution in [0.2, 0.25) is 0 Å². The first-order valence-corrected chi connectivity index (χ1v) is 8.78. The van der Waals surface area contributed by atoms with Gasteiger partial charge in [-0.2, -0.15) is 0 Å². The normalized spacial score (nSPS) is 19.0. The van der Waals surface area contributed by atoms with Gasteiger partial charge in [-0.25, -0.2) is 9.97 Å². The van der Waals surface area contributed by atoms with E-state index in [0.29, 0.717) is 6.01 Å². The Kier molecular flexibility index (Phi) is 4.48. The molecule has 1 saturated heterocycles. The number of hydrogen-bond donors (Lipinski definition) is 0. The van der Waals surface area contributed by atoms with Gasteiger partial charge in [-0.15, -0.1) is 10.2 Å². The summed E-state index contributed by atoms with van der Waals surface area (Å²) in [5.41, 5.74) is 1.07. The third-order valence-corrected chi connectivity index (χ3v) is 5.14. The molecule has 1 aliphatic rings. The largest absolute Gasteiger partial charge is 0.458 e. The number of aromatic nitrogens is 4. The highest BCUT2D eigenvalue weighted by atomic mass is 32.1. The van der Waals surface area contributed by atoms with Crippen LogP contribution in [0.3, 0.4) is 0 Å². The second-order valence-corrected chi connectivity index (χ2v) is 7.97. The molecule has 0 N–H and O–H groups in total. The first-order chi connectivity index (χ1) is 10.9. The topological polar surface area (TPSA) is 64.0 Å². The maximum atomic E-state index is 5.93. The van der Waals surface area contributed by atoms with Crippen LogP contribution in [-0.2, 0) is 5.41 Å². The Morgan fingerprint density at radius 3 is 2.61 bits per heavy atom. The molecule has 7 heteroatoms. The molecule has 1 atom stereocenters. The summed E-state index contributed by atoms with van der Waals surface area (Å²) in [6, 6.07) is 0.454. The van der Waals surface area contributed by atoms with Crippen LogP contribution >= 0.6 is 11.3 Å². The van der Waals surface area contributed by atoms with Crippen molar-refractivity contribution in [2.24, 2.45) is 0 Å². The minimum atomic E-state index is 0.0390. The van der Waals surface area contributed by atoms with E-state index in [-0.39, 0.29) is 11.5 Å². The number of anilines is 1. The minimum Gasteiger partial charge on any atom is -0.458 e. The van der Waals surface area contributed by atoms with Crippen LogP contribution in [0.15, 0.2) is 12.4 Å². The maximum absolute atomic E-state index is 5.93. The molecule has 0 aromatic carbocycles. The molecule has 0 amide bonds. The Labute approximate surface area is 140 Å². The zero-order chi connectivity index (χ0) is 16.4. The van der Waals surface area contributed by atoms with Crippen LogP contribution in [-0.4, -0.2) is 39.4 Å². The standard InChI is InChI=1S/C16H23N5OS/c1-11-8-17-14(18-9-11)22-12-6-5-7-21(10-12)15-20-19-13(23-15)16(2,3)4/h8-9,12H,5-7,10H2,1-4H3. The van der Waals surface area contributed by atoms with Crippen molar-refractivity contribution in [2.75, 3.05) is 18.0 Å². The molecule has 3 heterocycles. The second-order valence-electron chi connectivity index (χ2n) is 7.01. The monoisotopic (exact) mass is 333 g/mol. The van der Waals surface area contributed by atoms with Crippen LogP contribution in [0.4, 0.5) is 5.13 Å². The summed E-state index contributed by atoms with van der Waals surface area (Å²) in [5.74, 6) is 0. The van der Waals surface area contributed by atoms with E-state index in [9.17, 15) is 0 Å². The Hall–Kier alpha value is -1.76. The number of aryl methyl sites for hydroxylation is 1. The first-order valence-electron chi connectivity index (χ1n) is 7.96. The van der Waals surface area contributed by atoms with Crippen molar-refractivity contribution in [2.45, 2.75) is 52.1 Å². The van der Waals surface area contributed by atoms with E-state index in [4.69, 9.17) is 4.74 Å². The number of hydrogen-bond acceptors (Lipinski definition) is 7. The average molecular weight is 333 g/mol. The molecule has 0 radical (unpaired) electrons. The SMILES string of the molecule is Cc1cnc(OC2CCCN(c3nnc(C(C)(C)C)s3)C2)nc1. The second kappa shape index (κ2) is 6.39. The fraction of sp³-hybridized carbons (Fsp3) is 0.625. The number of piperidine rings is 1. The summed E-state index contributed by atoms with van der Waals surface area (Å²) in [6.07, 6.45) is 5.74. The van der Waals surface area contributed by atoms with Gasteiger partial charge in [0.05, 0.1) is 6.54 Å². The van der Waals surface area contributed by atoms with Crippen molar-refractivity contribution >= 4 is 16.5 Å². The van der Waals surface area contributed by atoms with Gasteiger partial charge in [-0.3, -0.25) is 0 Å². The van der Waals surface area contributed by atoms with Crippen molar-refractivity contribution in [3.8, 4) is 6.01 Å². The first kappa shape index (κ1) is 16.1. The van der Waals surface area contributed by atoms with Crippen LogP contribution in [0, 0.1) is 6.92 Å². The average Bonchev–Trinajstić information content (AvgIpc) is 3.00. The summed E-state index contributed by atoms with van der Waals surface area (Å²) in [4.78, 5) is 10.7. The van der Waals surface area contributed by atoms with Gasteiger partial charge >= 0.3 is 6.01 Å². The van der Waals surface area contributed by atoms with Crippen molar-refractivity contribution in [1.82, 2.24) is 20.2 Å². The molecule has 3 rings (SSSR count). The highest BCUT2D eigenvalue weighted by Gasteiger charge is 2.26. The van der Waals surface area contributed by atoms with Crippen molar-refractivity contribution < 1.29 is 4.74 Å². The van der Waals surface area contributed by atoms with E-state index in [1.54, 1.807) is 23.7 Å². The molecular weight excluding hydrogens is 310 g/mol. The fourth-order valence-electron chi connectivity index (χ4n) is 2.45. The van der Waals surface area contributed by atoms with Crippen LogP contribution in [0.5, 0.6) is 6.01 Å². The van der Waals surface area contributed by atoms with Gasteiger partial charge in [-0.05, 0) is 25.3 Å². The lowest BCUT2D eigenvalue weighted by molar-refractivity contribution is 0.164. The van der Waals surface area contributed by atoms with Gasteiger partial charge in [0.25, 0.3) is 0 Å². The predicted molar refractivity (Wildman–Crippen MR) is 91.2 cm³/mol. The number of ether oxygens (including phenoxy) is 1. The molecule has 1 fully saturated rings. The molecule has 124 valence electrons. The molecule has 6 nitrogen and oxygen atoms in total. The maximum Gasteiger partial charge on any atom is 0.316 e. The molecule has 2 aromatic heterocycles. The zero-order valence-corrected chi connectivity index (χ0v) is 14.9. The van der Waals surface area contributed by atoms with Crippen LogP contribution in [0.1, 0.15) is 44.2 Å². The van der Waals surface area contributed by atoms with Gasteiger partial charge in [-0.1, -0.05) is 32.1 Å². The lowest BCUT2D eigenvalue weighted by atomic mass is 9.98. The Morgan fingerprint density at radius 2 is 1.96 bits per heavy atom. The van der Waals surface area contributed by atoms with E-state index >= 15 is 0 Å². The summed E-state index contributed by atoms with van der Waals surface area (Å²) in [7, 11) is 0. The minimum absolute atomic E-state index is 0.0390. The fourth-order valence-corrected chi connectivity index (χ4v) is 3.38. The lowest BCUT2D eigenvalue weighted by Crippen LogP contribution is -2.41. The molecular formula is C16H23N5OS. The Morgan fingerprint density at radius 1 is 1.22 bits per heavy atom. The molecule has 23 heavy (non-hydrogen) atoms. The smallest absolute Gasteiger partial charge is 0.316 e. The van der Waals surface area contributed by atoms with E-state index in [0.717, 1.165) is 41.6 Å². The third kappa shape index (κ3) is 3.96. The van der Waals surface area contributed by atoms with Gasteiger partial charge < -0.3 is 9.64 Å². The van der Waals surface area contributed by atoms with Crippen molar-refractivity contribution in [3.05, 3.63) is 23.0 Å². The Balaban J connectivity index is 1.66. The highest BCUT2D eigenvalue weighted by molar-refractivity contribution is 7.15. The molecule has 1 unspecified atom stereocenters. The zero-order valence-electron chi connectivity index (χ0n) is 14.1. The van der Waals surface area contributed by atoms with Crippen molar-refractivity contribution in [3.63, 3.8) is 0 Å². The number of rotatable bonds is 3. The quantitative estimate of drug-likeness (QED) is 0.860. The van der Waals surface area contributed by atoms with E-state index in [2.05, 4.69) is 45.8 Å². The van der Waals surface area contributed by atoms with Crippen molar-refractivity contribution in [1.29, 1.82) is 0 Å². The van der Waals surface area contributed by atoms with Gasteiger partial charge in [0, 0.05) is 24.4 Å². The summed E-state index contributed by atoms with van der Waals surface area (Å²) in [5, 5.41) is 10.8. The van der Waals surface area contributed by atoms with E-state index in [1.165, 1.54) is 0 Å². The van der Waals surface area contributed by atoms with Crippen LogP contribution in [0.25, 0.3) is 0 Å². The molecule has 0 bridgehead atoms. The van der Waals surface area contributed by atoms with Gasteiger partial charge in [0.15, 0.2) is 0 Å². The summed E-state index contributed by atoms with van der Waals surface area (Å²) < 4.78 is 5.93. The highest BCUT2D eigenvalue weighted by Crippen LogP contribution is 2.31. The van der Waals surface area contributed by atoms with Gasteiger partial charge in [0.2, 0.25) is 5.13 Å². The third-order valence-electron chi connectivity index (χ3n) is 3.73. The van der Waals surface area contributed by atoms with E-state index in [1.807, 2.05) is 6.92 Å². The summed E-state index contributed by atoms with van der Waals surface area (Å²) in [6.45, 7) is 10.2. The molecule has 0 aliphatic carbocycles. The molecule has 2 aromatic rings. The molecule has 0 spiro atoms. The predicted octanol–water partition coefficient (Wildman–Crippen LogP) is 2.98.